The summed E-state index contributed by atoms with van der Waals surface area (Å²) in [6.45, 7) is 1.17. The van der Waals surface area contributed by atoms with E-state index in [2.05, 4.69) is 4.74 Å². The largest absolute Gasteiger partial charge is 0.466 e. The molecule has 0 aromatic heterocycles. The van der Waals surface area contributed by atoms with Gasteiger partial charge < -0.3 is 4.74 Å². The molecule has 17 heavy (non-hydrogen) atoms. The highest BCUT2D eigenvalue weighted by atomic mass is 19.1. The predicted octanol–water partition coefficient (Wildman–Crippen LogP) is 2.35. The van der Waals surface area contributed by atoms with Crippen LogP contribution in [0.2, 0.25) is 0 Å². The lowest BCUT2D eigenvalue weighted by Crippen LogP contribution is -2.00. The number of Topliss-reactive ketones (excluding diaryl/α,β-unsaturated/α-hetero) is 1. The Morgan fingerprint density at radius 1 is 1.24 bits per heavy atom. The van der Waals surface area contributed by atoms with Crippen LogP contribution in [0.3, 0.4) is 0 Å². The Hall–Kier alpha value is -2.04. The summed E-state index contributed by atoms with van der Waals surface area (Å²) in [7, 11) is 1.18. The minimum Gasteiger partial charge on any atom is -0.466 e. The lowest BCUT2D eigenvalue weighted by atomic mass is 10.1. The first-order valence-corrected chi connectivity index (χ1v) is 4.71. The number of ketones is 1. The molecule has 0 saturated heterocycles. The second-order valence-corrected chi connectivity index (χ2v) is 3.27. The van der Waals surface area contributed by atoms with Crippen LogP contribution in [0.4, 0.5) is 8.78 Å². The minimum absolute atomic E-state index is 0.0537. The quantitative estimate of drug-likeness (QED) is 0.462. The van der Waals surface area contributed by atoms with Crippen molar-refractivity contribution in [2.75, 3.05) is 7.11 Å². The molecular formula is C12H10F2O3. The van der Waals surface area contributed by atoms with Crippen LogP contribution >= 0.6 is 0 Å². The first-order valence-electron chi connectivity index (χ1n) is 4.71. The molecule has 0 bridgehead atoms. The highest BCUT2D eigenvalue weighted by Crippen LogP contribution is 2.17. The van der Waals surface area contributed by atoms with E-state index in [9.17, 15) is 18.4 Å². The summed E-state index contributed by atoms with van der Waals surface area (Å²) in [5, 5.41) is 0. The van der Waals surface area contributed by atoms with Crippen LogP contribution in [-0.4, -0.2) is 18.9 Å². The molecule has 90 valence electrons. The Balaban J connectivity index is 3.16. The number of carbonyl (C=O) groups is 2. The number of hydrogen-bond acceptors (Lipinski definition) is 3. The van der Waals surface area contributed by atoms with E-state index in [1.165, 1.54) is 14.0 Å². The monoisotopic (exact) mass is 240 g/mol. The number of carbonyl (C=O) groups excluding carboxylic acids is 2. The van der Waals surface area contributed by atoms with Crippen LogP contribution in [-0.2, 0) is 9.53 Å². The molecule has 1 aromatic rings. The second-order valence-electron chi connectivity index (χ2n) is 3.27. The van der Waals surface area contributed by atoms with Crippen molar-refractivity contribution in [1.82, 2.24) is 0 Å². The number of rotatable bonds is 3. The van der Waals surface area contributed by atoms with Gasteiger partial charge in [0.1, 0.15) is 11.6 Å². The molecule has 0 amide bonds. The molecular weight excluding hydrogens is 230 g/mol. The van der Waals surface area contributed by atoms with E-state index < -0.39 is 23.4 Å². The van der Waals surface area contributed by atoms with E-state index in [1.54, 1.807) is 0 Å². The first-order chi connectivity index (χ1) is 7.95. The molecule has 1 aromatic carbocycles. The van der Waals surface area contributed by atoms with Crippen molar-refractivity contribution in [2.24, 2.45) is 0 Å². The molecule has 1 rings (SSSR count). The third-order valence-corrected chi connectivity index (χ3v) is 2.07. The molecule has 3 nitrogen and oxygen atoms in total. The van der Waals surface area contributed by atoms with E-state index in [4.69, 9.17) is 0 Å². The van der Waals surface area contributed by atoms with Gasteiger partial charge in [-0.15, -0.1) is 0 Å². The fraction of sp³-hybridized carbons (Fsp3) is 0.167. The van der Waals surface area contributed by atoms with Crippen molar-refractivity contribution < 1.29 is 23.1 Å². The third kappa shape index (κ3) is 3.21. The minimum atomic E-state index is -0.926. The summed E-state index contributed by atoms with van der Waals surface area (Å²) in [6, 6.07) is 1.65. The van der Waals surface area contributed by atoms with E-state index in [1.807, 2.05) is 0 Å². The molecule has 0 aliphatic heterocycles. The van der Waals surface area contributed by atoms with E-state index in [0.29, 0.717) is 6.07 Å². The second kappa shape index (κ2) is 5.34. The molecule has 0 radical (unpaired) electrons. The molecule has 0 aliphatic carbocycles. The van der Waals surface area contributed by atoms with Crippen LogP contribution < -0.4 is 0 Å². The maximum atomic E-state index is 13.3. The van der Waals surface area contributed by atoms with Gasteiger partial charge in [0, 0.05) is 17.7 Å². The summed E-state index contributed by atoms with van der Waals surface area (Å²) >= 11 is 0. The zero-order valence-electron chi connectivity index (χ0n) is 9.29. The fourth-order valence-corrected chi connectivity index (χ4v) is 1.19. The number of methoxy groups -OCH3 is 1. The Kier molecular flexibility index (Phi) is 4.09. The number of esters is 1. The molecule has 0 fully saturated rings. The van der Waals surface area contributed by atoms with E-state index in [0.717, 1.165) is 18.2 Å². The molecule has 5 heteroatoms. The zero-order valence-corrected chi connectivity index (χ0v) is 9.29. The number of benzene rings is 1. The van der Waals surface area contributed by atoms with E-state index >= 15 is 0 Å². The van der Waals surface area contributed by atoms with Crippen LogP contribution in [0, 0.1) is 11.6 Å². The van der Waals surface area contributed by atoms with Gasteiger partial charge in [0.2, 0.25) is 0 Å². The normalized spacial score (nSPS) is 10.6. The third-order valence-electron chi connectivity index (χ3n) is 2.07. The van der Waals surface area contributed by atoms with Gasteiger partial charge in [0.15, 0.2) is 5.78 Å². The highest BCUT2D eigenvalue weighted by molar-refractivity contribution is 5.95. The van der Waals surface area contributed by atoms with Crippen molar-refractivity contribution in [2.45, 2.75) is 6.92 Å². The first kappa shape index (κ1) is 13.0. The number of hydrogen-bond donors (Lipinski definition) is 0. The number of ether oxygens (including phenoxy) is 1. The lowest BCUT2D eigenvalue weighted by molar-refractivity contribution is -0.134. The summed E-state index contributed by atoms with van der Waals surface area (Å²) in [5.41, 5.74) is -0.280. The summed E-state index contributed by atoms with van der Waals surface area (Å²) in [4.78, 5) is 21.9. The SMILES string of the molecule is COC(=O)C=Cc1cc(C(C)=O)c(F)cc1F. The van der Waals surface area contributed by atoms with Gasteiger partial charge in [-0.3, -0.25) is 4.79 Å². The van der Waals surface area contributed by atoms with Gasteiger partial charge in [-0.25, -0.2) is 13.6 Å². The maximum Gasteiger partial charge on any atom is 0.330 e. The van der Waals surface area contributed by atoms with Gasteiger partial charge in [0.25, 0.3) is 0 Å². The summed E-state index contributed by atoms with van der Waals surface area (Å²) in [6.07, 6.45) is 2.10. The van der Waals surface area contributed by atoms with Crippen molar-refractivity contribution in [3.8, 4) is 0 Å². The van der Waals surface area contributed by atoms with Crippen LogP contribution in [0.15, 0.2) is 18.2 Å². The van der Waals surface area contributed by atoms with Crippen molar-refractivity contribution in [1.29, 1.82) is 0 Å². The van der Waals surface area contributed by atoms with Gasteiger partial charge in [-0.2, -0.15) is 0 Å². The standard InChI is InChI=1S/C12H10F2O3/c1-7(15)9-5-8(3-4-12(16)17-2)10(13)6-11(9)14/h3-6H,1-2H3. The van der Waals surface area contributed by atoms with Crippen molar-refractivity contribution in [3.05, 3.63) is 41.0 Å². The number of halogens is 2. The molecule has 0 spiro atoms. The zero-order chi connectivity index (χ0) is 13.0. The maximum absolute atomic E-state index is 13.3. The van der Waals surface area contributed by atoms with Crippen molar-refractivity contribution >= 4 is 17.8 Å². The van der Waals surface area contributed by atoms with Crippen LogP contribution in [0.1, 0.15) is 22.8 Å². The van der Waals surface area contributed by atoms with Gasteiger partial charge in [-0.1, -0.05) is 0 Å². The molecule has 0 N–H and O–H groups in total. The molecule has 0 unspecified atom stereocenters. The Morgan fingerprint density at radius 2 is 1.88 bits per heavy atom. The highest BCUT2D eigenvalue weighted by Gasteiger charge is 2.11. The van der Waals surface area contributed by atoms with Crippen LogP contribution in [0.25, 0.3) is 6.08 Å². The summed E-state index contributed by atoms with van der Waals surface area (Å²) < 4.78 is 30.8. The van der Waals surface area contributed by atoms with E-state index in [-0.39, 0.29) is 11.1 Å². The summed E-state index contributed by atoms with van der Waals surface area (Å²) in [5.74, 6) is -2.97. The van der Waals surface area contributed by atoms with Gasteiger partial charge in [0.05, 0.1) is 12.7 Å². The van der Waals surface area contributed by atoms with Gasteiger partial charge in [-0.05, 0) is 19.1 Å². The molecule has 0 saturated carbocycles. The lowest BCUT2D eigenvalue weighted by Gasteiger charge is -2.02. The topological polar surface area (TPSA) is 43.4 Å². The predicted molar refractivity (Wildman–Crippen MR) is 57.4 cm³/mol. The average molecular weight is 240 g/mol. The molecule has 0 heterocycles. The fourth-order valence-electron chi connectivity index (χ4n) is 1.19. The average Bonchev–Trinajstić information content (AvgIpc) is 2.26. The smallest absolute Gasteiger partial charge is 0.330 e. The Labute approximate surface area is 96.7 Å². The molecule has 0 atom stereocenters. The van der Waals surface area contributed by atoms with Crippen molar-refractivity contribution in [3.63, 3.8) is 0 Å². The van der Waals surface area contributed by atoms with Crippen LogP contribution in [0.5, 0.6) is 0 Å². The van der Waals surface area contributed by atoms with Gasteiger partial charge >= 0.3 is 5.97 Å². The Morgan fingerprint density at radius 3 is 2.41 bits per heavy atom. The molecule has 0 aliphatic rings. The Bertz CT molecular complexity index is 493.